The first-order valence-electron chi connectivity index (χ1n) is 2.67. The van der Waals surface area contributed by atoms with Crippen LogP contribution in [0.25, 0.3) is 0 Å². The Hall–Kier alpha value is -0.313. The van der Waals surface area contributed by atoms with E-state index in [-0.39, 0.29) is 0 Å². The number of carbonyl (C=O) groups excluding carboxylic acids is 1. The van der Waals surface area contributed by atoms with E-state index in [4.69, 9.17) is 4.43 Å². The summed E-state index contributed by atoms with van der Waals surface area (Å²) in [6.07, 6.45) is 0. The zero-order valence-corrected chi connectivity index (χ0v) is 6.52. The first kappa shape index (κ1) is 7.69. The van der Waals surface area contributed by atoms with Crippen molar-refractivity contribution in [1.82, 2.24) is 0 Å². The predicted octanol–water partition coefficient (Wildman–Crippen LogP) is 1.30. The number of rotatable bonds is 3. The van der Waals surface area contributed by atoms with Gasteiger partial charge >= 0.3 is 6.47 Å². The van der Waals surface area contributed by atoms with Gasteiger partial charge in [-0.1, -0.05) is 6.92 Å². The van der Waals surface area contributed by atoms with Gasteiger partial charge in [-0.3, -0.25) is 0 Å². The third-order valence-electron chi connectivity index (χ3n) is 1.17. The van der Waals surface area contributed by atoms with Crippen LogP contribution in [0.3, 0.4) is 0 Å². The normalized spacial score (nSPS) is 10.9. The van der Waals surface area contributed by atoms with E-state index in [2.05, 4.69) is 0 Å². The molecule has 47 valence electrons. The molecule has 8 heavy (non-hydrogen) atoms. The van der Waals surface area contributed by atoms with Crippen LogP contribution in [0.1, 0.15) is 6.92 Å². The molecule has 0 aliphatic heterocycles. The molecule has 0 aromatic carbocycles. The van der Waals surface area contributed by atoms with Gasteiger partial charge in [0.1, 0.15) is 0 Å². The van der Waals surface area contributed by atoms with Crippen LogP contribution in [-0.2, 0) is 9.22 Å². The third-order valence-corrected chi connectivity index (χ3v) is 3.51. The molecule has 1 radical (unpaired) electrons. The summed E-state index contributed by atoms with van der Waals surface area (Å²) in [5, 5.41) is 0. The first-order chi connectivity index (χ1) is 3.62. The highest BCUT2D eigenvalue weighted by Crippen LogP contribution is 2.06. The van der Waals surface area contributed by atoms with Crippen molar-refractivity contribution in [3.63, 3.8) is 0 Å². The van der Waals surface area contributed by atoms with Gasteiger partial charge in [-0.15, -0.1) is 0 Å². The minimum Gasteiger partial charge on any atom is -0.511 e. The lowest BCUT2D eigenvalue weighted by molar-refractivity contribution is 0.438. The molecule has 0 bridgehead atoms. The van der Waals surface area contributed by atoms with Gasteiger partial charge in [0.2, 0.25) is 8.32 Å². The lowest BCUT2D eigenvalue weighted by Crippen LogP contribution is -2.27. The Labute approximate surface area is 51.0 Å². The van der Waals surface area contributed by atoms with Gasteiger partial charge in [0.05, 0.1) is 0 Å². The summed E-state index contributed by atoms with van der Waals surface area (Å²) in [6.45, 7) is 7.46. The van der Waals surface area contributed by atoms with Crippen molar-refractivity contribution in [2.75, 3.05) is 0 Å². The summed E-state index contributed by atoms with van der Waals surface area (Å²) in [6, 6.07) is 0.961. The molecule has 0 spiro atoms. The van der Waals surface area contributed by atoms with Gasteiger partial charge in [-0.2, -0.15) is 0 Å². The second-order valence-corrected chi connectivity index (χ2v) is 6.73. The van der Waals surface area contributed by atoms with Crippen LogP contribution in [0.4, 0.5) is 0 Å². The van der Waals surface area contributed by atoms with Crippen molar-refractivity contribution in [3.8, 4) is 0 Å². The Balaban J connectivity index is 3.53. The molecule has 2 nitrogen and oxygen atoms in total. The Kier molecular flexibility index (Phi) is 2.75. The van der Waals surface area contributed by atoms with Crippen molar-refractivity contribution >= 4 is 14.8 Å². The molecule has 0 rings (SSSR count). The van der Waals surface area contributed by atoms with Gasteiger partial charge in [-0.05, 0) is 19.1 Å². The second kappa shape index (κ2) is 2.87. The van der Waals surface area contributed by atoms with Crippen LogP contribution in [0, 0.1) is 0 Å². The highest BCUT2D eigenvalue weighted by Gasteiger charge is 2.20. The topological polar surface area (TPSA) is 26.3 Å². The summed E-state index contributed by atoms with van der Waals surface area (Å²) < 4.78 is 4.71. The maximum atomic E-state index is 9.67. The van der Waals surface area contributed by atoms with Gasteiger partial charge in [0.25, 0.3) is 0 Å². The molecule has 0 saturated carbocycles. The standard InChI is InChI=1S/C5H11O2Si/c1-4-8(2,3)7-5-6/h4H2,1-3H3. The van der Waals surface area contributed by atoms with E-state index in [1.165, 1.54) is 6.47 Å². The fourth-order valence-corrected chi connectivity index (χ4v) is 0.555. The second-order valence-electron chi connectivity index (χ2n) is 2.30. The number of hydrogen-bond acceptors (Lipinski definition) is 2. The summed E-state index contributed by atoms with van der Waals surface area (Å²) in [7, 11) is -1.60. The third kappa shape index (κ3) is 2.79. The monoisotopic (exact) mass is 131 g/mol. The molecule has 0 atom stereocenters. The van der Waals surface area contributed by atoms with Crippen LogP contribution in [0.2, 0.25) is 19.1 Å². The van der Waals surface area contributed by atoms with Crippen molar-refractivity contribution in [2.24, 2.45) is 0 Å². The van der Waals surface area contributed by atoms with Gasteiger partial charge in [0, 0.05) is 0 Å². The molecule has 0 heterocycles. The van der Waals surface area contributed by atoms with Gasteiger partial charge < -0.3 is 4.43 Å². The molecule has 0 N–H and O–H groups in total. The maximum Gasteiger partial charge on any atom is 0.402 e. The van der Waals surface area contributed by atoms with Gasteiger partial charge in [-0.25, -0.2) is 4.79 Å². The molecule has 0 aliphatic carbocycles. The lowest BCUT2D eigenvalue weighted by atomic mass is 11.0. The molecular weight excluding hydrogens is 120 g/mol. The van der Waals surface area contributed by atoms with E-state index in [9.17, 15) is 4.79 Å². The summed E-state index contributed by atoms with van der Waals surface area (Å²) >= 11 is 0. The maximum absolute atomic E-state index is 9.67. The highest BCUT2D eigenvalue weighted by atomic mass is 28.4. The van der Waals surface area contributed by atoms with Crippen LogP contribution in [-0.4, -0.2) is 14.8 Å². The van der Waals surface area contributed by atoms with Crippen LogP contribution >= 0.6 is 0 Å². The molecule has 0 aromatic rings. The van der Waals surface area contributed by atoms with E-state index >= 15 is 0 Å². The average molecular weight is 131 g/mol. The molecule has 0 unspecified atom stereocenters. The Bertz CT molecular complexity index is 80.5. The molecule has 0 aromatic heterocycles. The summed E-state index contributed by atoms with van der Waals surface area (Å²) in [4.78, 5) is 9.67. The minimum atomic E-state index is -1.60. The Morgan fingerprint density at radius 2 is 2.12 bits per heavy atom. The molecule has 0 aliphatic rings. The van der Waals surface area contributed by atoms with Crippen molar-refractivity contribution < 1.29 is 9.22 Å². The van der Waals surface area contributed by atoms with E-state index < -0.39 is 8.32 Å². The van der Waals surface area contributed by atoms with Crippen molar-refractivity contribution in [2.45, 2.75) is 26.1 Å². The highest BCUT2D eigenvalue weighted by molar-refractivity contribution is 6.72. The molecule has 0 amide bonds. The van der Waals surface area contributed by atoms with E-state index in [1.54, 1.807) is 0 Å². The first-order valence-corrected chi connectivity index (χ1v) is 5.79. The minimum absolute atomic E-state index is 0.961. The van der Waals surface area contributed by atoms with Crippen LogP contribution in [0.5, 0.6) is 0 Å². The zero-order chi connectivity index (χ0) is 6.62. The van der Waals surface area contributed by atoms with E-state index in [0.29, 0.717) is 0 Å². The molecule has 0 fully saturated rings. The predicted molar refractivity (Wildman–Crippen MR) is 34.7 cm³/mol. The number of hydrogen-bond donors (Lipinski definition) is 0. The molecular formula is C5H11O2Si. The lowest BCUT2D eigenvalue weighted by Gasteiger charge is -2.14. The summed E-state index contributed by atoms with van der Waals surface area (Å²) in [5.41, 5.74) is 0. The Morgan fingerprint density at radius 3 is 2.25 bits per heavy atom. The fraction of sp³-hybridized carbons (Fsp3) is 0.800. The largest absolute Gasteiger partial charge is 0.511 e. The quantitative estimate of drug-likeness (QED) is 0.539. The van der Waals surface area contributed by atoms with Crippen LogP contribution < -0.4 is 0 Å². The average Bonchev–Trinajstić information content (AvgIpc) is 1.67. The molecule has 3 heteroatoms. The smallest absolute Gasteiger partial charge is 0.402 e. The SMILES string of the molecule is CC[Si](C)(C)O[C]=O. The van der Waals surface area contributed by atoms with Gasteiger partial charge in [0.15, 0.2) is 0 Å². The van der Waals surface area contributed by atoms with E-state index in [1.807, 2.05) is 20.0 Å². The van der Waals surface area contributed by atoms with Crippen molar-refractivity contribution in [1.29, 1.82) is 0 Å². The van der Waals surface area contributed by atoms with Crippen molar-refractivity contribution in [3.05, 3.63) is 0 Å². The van der Waals surface area contributed by atoms with Crippen LogP contribution in [0.15, 0.2) is 0 Å². The zero-order valence-electron chi connectivity index (χ0n) is 5.52. The fourth-order valence-electron chi connectivity index (χ4n) is 0.185. The molecule has 0 saturated heterocycles. The summed E-state index contributed by atoms with van der Waals surface area (Å²) in [5.74, 6) is 0. The Morgan fingerprint density at radius 1 is 1.62 bits per heavy atom. The van der Waals surface area contributed by atoms with E-state index in [0.717, 1.165) is 6.04 Å².